The van der Waals surface area contributed by atoms with Crippen LogP contribution >= 0.6 is 0 Å². The van der Waals surface area contributed by atoms with Gasteiger partial charge in [-0.25, -0.2) is 13.2 Å². The number of halogens is 3. The number of carbonyl (C=O) groups excluding carboxylic acids is 1. The van der Waals surface area contributed by atoms with Crippen molar-refractivity contribution in [3.8, 4) is 5.75 Å². The van der Waals surface area contributed by atoms with Crippen molar-refractivity contribution in [1.29, 1.82) is 0 Å². The number of hydrogen-bond donors (Lipinski definition) is 1. The molecule has 0 saturated carbocycles. The van der Waals surface area contributed by atoms with Gasteiger partial charge in [0, 0.05) is 30.5 Å². The van der Waals surface area contributed by atoms with Gasteiger partial charge in [-0.15, -0.1) is 0 Å². The largest absolute Gasteiger partial charge is 0.493 e. The Balaban J connectivity index is 2.00. The van der Waals surface area contributed by atoms with Crippen LogP contribution in [-0.4, -0.2) is 30.5 Å². The van der Waals surface area contributed by atoms with Gasteiger partial charge in [-0.05, 0) is 67.4 Å². The predicted molar refractivity (Wildman–Crippen MR) is 107 cm³/mol. The minimum atomic E-state index is -1.06. The Morgan fingerprint density at radius 3 is 2.70 bits per heavy atom. The van der Waals surface area contributed by atoms with Crippen molar-refractivity contribution in [2.24, 2.45) is 11.7 Å². The Morgan fingerprint density at radius 1 is 1.23 bits per heavy atom. The summed E-state index contributed by atoms with van der Waals surface area (Å²) in [6.07, 6.45) is 2.28. The molecule has 2 heterocycles. The molecule has 0 radical (unpaired) electrons. The highest BCUT2D eigenvalue weighted by molar-refractivity contribution is 5.83. The van der Waals surface area contributed by atoms with Crippen LogP contribution in [0.25, 0.3) is 5.57 Å². The lowest BCUT2D eigenvalue weighted by atomic mass is 9.73. The molecule has 2 atom stereocenters. The van der Waals surface area contributed by atoms with E-state index in [1.165, 1.54) is 19.1 Å². The van der Waals surface area contributed by atoms with E-state index in [9.17, 15) is 18.0 Å². The van der Waals surface area contributed by atoms with E-state index in [-0.39, 0.29) is 30.5 Å². The molecule has 0 aromatic heterocycles. The lowest BCUT2D eigenvalue weighted by Crippen LogP contribution is -2.53. The Kier molecular flexibility index (Phi) is 5.10. The minimum Gasteiger partial charge on any atom is -0.493 e. The molecule has 4 rings (SSSR count). The van der Waals surface area contributed by atoms with Gasteiger partial charge in [-0.2, -0.15) is 0 Å². The van der Waals surface area contributed by atoms with Gasteiger partial charge in [0.1, 0.15) is 23.2 Å². The van der Waals surface area contributed by atoms with Crippen molar-refractivity contribution < 1.29 is 22.7 Å². The van der Waals surface area contributed by atoms with Crippen molar-refractivity contribution in [3.63, 3.8) is 0 Å². The smallest absolute Gasteiger partial charge is 0.220 e. The maximum Gasteiger partial charge on any atom is 0.220 e. The summed E-state index contributed by atoms with van der Waals surface area (Å²) in [5, 5.41) is 0. The van der Waals surface area contributed by atoms with Crippen LogP contribution in [0.4, 0.5) is 13.2 Å². The Morgan fingerprint density at radius 2 is 2.00 bits per heavy atom. The molecule has 2 aliphatic rings. The number of amides is 1. The first-order valence-corrected chi connectivity index (χ1v) is 9.86. The van der Waals surface area contributed by atoms with Crippen LogP contribution < -0.4 is 10.5 Å². The number of nitrogens with zero attached hydrogens (tertiary/aromatic N) is 1. The van der Waals surface area contributed by atoms with Crippen LogP contribution in [0.15, 0.2) is 36.4 Å². The van der Waals surface area contributed by atoms with Crippen LogP contribution in [0.5, 0.6) is 5.75 Å². The fourth-order valence-corrected chi connectivity index (χ4v) is 4.78. The number of carbonyl (C=O) groups is 1. The molecule has 30 heavy (non-hydrogen) atoms. The first-order valence-electron chi connectivity index (χ1n) is 9.86. The van der Waals surface area contributed by atoms with Crippen LogP contribution in [0, 0.1) is 30.3 Å². The van der Waals surface area contributed by atoms with Gasteiger partial charge in [0.15, 0.2) is 0 Å². The SMILES string of the molecule is CC(=O)N1CC(c2cc(F)ccc2F)=CC12c1cc(F)cc(C)c1OCC2CCN. The summed E-state index contributed by atoms with van der Waals surface area (Å²) in [4.78, 5) is 14.3. The molecule has 2 N–H and O–H groups in total. The molecule has 0 aliphatic carbocycles. The number of benzene rings is 2. The predicted octanol–water partition coefficient (Wildman–Crippen LogP) is 3.91. The summed E-state index contributed by atoms with van der Waals surface area (Å²) < 4.78 is 48.8. The summed E-state index contributed by atoms with van der Waals surface area (Å²) in [6, 6.07) is 5.97. The second kappa shape index (κ2) is 7.47. The van der Waals surface area contributed by atoms with Gasteiger partial charge in [0.25, 0.3) is 0 Å². The van der Waals surface area contributed by atoms with E-state index in [1.54, 1.807) is 17.9 Å². The number of fused-ring (bicyclic) bond motifs is 2. The molecular formula is C23H23F3N2O2. The number of hydrogen-bond acceptors (Lipinski definition) is 3. The van der Waals surface area contributed by atoms with Crippen LogP contribution in [0.3, 0.4) is 0 Å². The van der Waals surface area contributed by atoms with Crippen molar-refractivity contribution in [2.75, 3.05) is 19.7 Å². The van der Waals surface area contributed by atoms with E-state index >= 15 is 0 Å². The van der Waals surface area contributed by atoms with Crippen molar-refractivity contribution in [1.82, 2.24) is 4.90 Å². The molecular weight excluding hydrogens is 393 g/mol. The average Bonchev–Trinajstić information content (AvgIpc) is 3.08. The van der Waals surface area contributed by atoms with Crippen LogP contribution in [0.1, 0.15) is 30.0 Å². The van der Waals surface area contributed by atoms with E-state index in [2.05, 4.69) is 0 Å². The summed E-state index contributed by atoms with van der Waals surface area (Å²) >= 11 is 0. The standard InChI is InChI=1S/C23H23F3N2O2/c1-13-7-18(25)9-20-22(13)30-12-16(5-6-27)23(20)10-15(11-28(23)14(2)29)19-8-17(24)3-4-21(19)26/h3-4,7-10,16H,5-6,11-12,27H2,1-2H3. The average molecular weight is 416 g/mol. The molecule has 4 nitrogen and oxygen atoms in total. The zero-order valence-corrected chi connectivity index (χ0v) is 16.8. The number of rotatable bonds is 3. The summed E-state index contributed by atoms with van der Waals surface area (Å²) in [5.74, 6) is -1.63. The Hall–Kier alpha value is -2.80. The molecule has 0 bridgehead atoms. The Labute approximate surface area is 173 Å². The Bertz CT molecular complexity index is 1050. The molecule has 2 aromatic rings. The molecule has 7 heteroatoms. The van der Waals surface area contributed by atoms with E-state index in [0.29, 0.717) is 35.4 Å². The van der Waals surface area contributed by atoms with Crippen molar-refractivity contribution in [2.45, 2.75) is 25.8 Å². The lowest BCUT2D eigenvalue weighted by molar-refractivity contribution is -0.135. The molecule has 1 spiro atoms. The molecule has 158 valence electrons. The van der Waals surface area contributed by atoms with Gasteiger partial charge in [0.2, 0.25) is 5.91 Å². The van der Waals surface area contributed by atoms with Crippen molar-refractivity contribution >= 4 is 11.5 Å². The van der Waals surface area contributed by atoms with Gasteiger partial charge in [0.05, 0.1) is 12.1 Å². The lowest BCUT2D eigenvalue weighted by Gasteiger charge is -2.47. The highest BCUT2D eigenvalue weighted by Gasteiger charge is 2.53. The van der Waals surface area contributed by atoms with Crippen LogP contribution in [-0.2, 0) is 10.3 Å². The van der Waals surface area contributed by atoms with E-state index < -0.39 is 23.0 Å². The molecule has 1 amide bonds. The molecule has 2 aromatic carbocycles. The highest BCUT2D eigenvalue weighted by atomic mass is 19.1. The maximum atomic E-state index is 14.6. The number of nitrogens with two attached hydrogens (primary N) is 1. The third kappa shape index (κ3) is 3.08. The van der Waals surface area contributed by atoms with Gasteiger partial charge in [-0.1, -0.05) is 0 Å². The molecule has 0 saturated heterocycles. The van der Waals surface area contributed by atoms with E-state index in [1.807, 2.05) is 0 Å². The quantitative estimate of drug-likeness (QED) is 0.826. The van der Waals surface area contributed by atoms with Crippen LogP contribution in [0.2, 0.25) is 0 Å². The monoisotopic (exact) mass is 416 g/mol. The fourth-order valence-electron chi connectivity index (χ4n) is 4.78. The van der Waals surface area contributed by atoms with Gasteiger partial charge >= 0.3 is 0 Å². The zero-order chi connectivity index (χ0) is 21.6. The van der Waals surface area contributed by atoms with E-state index in [4.69, 9.17) is 10.5 Å². The summed E-state index contributed by atoms with van der Waals surface area (Å²) in [6.45, 7) is 3.84. The zero-order valence-electron chi connectivity index (χ0n) is 16.8. The van der Waals surface area contributed by atoms with Crippen molar-refractivity contribution in [3.05, 3.63) is 70.5 Å². The number of aryl methyl sites for hydroxylation is 1. The van der Waals surface area contributed by atoms with Gasteiger partial charge < -0.3 is 15.4 Å². The maximum absolute atomic E-state index is 14.6. The third-order valence-electron chi connectivity index (χ3n) is 6.06. The molecule has 0 fully saturated rings. The topological polar surface area (TPSA) is 55.6 Å². The first kappa shape index (κ1) is 20.5. The first-order chi connectivity index (χ1) is 14.3. The normalized spacial score (nSPS) is 22.7. The second-order valence-corrected chi connectivity index (χ2v) is 7.91. The highest BCUT2D eigenvalue weighted by Crippen LogP contribution is 2.53. The fraction of sp³-hybridized carbons (Fsp3) is 0.348. The van der Waals surface area contributed by atoms with Gasteiger partial charge in [-0.3, -0.25) is 4.79 Å². The van der Waals surface area contributed by atoms with E-state index in [0.717, 1.165) is 18.2 Å². The minimum absolute atomic E-state index is 0.0752. The third-order valence-corrected chi connectivity index (χ3v) is 6.06. The summed E-state index contributed by atoms with van der Waals surface area (Å²) in [5.41, 5.74) is 6.46. The second-order valence-electron chi connectivity index (χ2n) is 7.91. The molecule has 2 unspecified atom stereocenters. The summed E-state index contributed by atoms with van der Waals surface area (Å²) in [7, 11) is 0. The number of ether oxygens (including phenoxy) is 1. The molecule has 2 aliphatic heterocycles.